The van der Waals surface area contributed by atoms with Gasteiger partial charge in [0.15, 0.2) is 0 Å². The highest BCUT2D eigenvalue weighted by atomic mass is 16.5. The third kappa shape index (κ3) is 4.02. The molecule has 0 aromatic carbocycles. The van der Waals surface area contributed by atoms with Crippen LogP contribution in [0.25, 0.3) is 0 Å². The summed E-state index contributed by atoms with van der Waals surface area (Å²) in [6.45, 7) is 3.24. The largest absolute Gasteiger partial charge is 0.385 e. The fraction of sp³-hybridized carbons (Fsp3) is 0.867. The number of hydrogen-bond acceptors (Lipinski definition) is 6. The van der Waals surface area contributed by atoms with Gasteiger partial charge in [-0.25, -0.2) is 0 Å². The van der Waals surface area contributed by atoms with Crippen LogP contribution in [0.4, 0.5) is 0 Å². The summed E-state index contributed by atoms with van der Waals surface area (Å²) in [5, 5.41) is 4.17. The topological polar surface area (TPSA) is 83.4 Å². The maximum absolute atomic E-state index is 6.06. The van der Waals surface area contributed by atoms with E-state index in [1.165, 1.54) is 12.8 Å². The summed E-state index contributed by atoms with van der Waals surface area (Å²) in [5.74, 6) is 1.14. The highest BCUT2D eigenvalue weighted by molar-refractivity contribution is 5.04. The van der Waals surface area contributed by atoms with Crippen molar-refractivity contribution in [1.82, 2.24) is 10.1 Å². The van der Waals surface area contributed by atoms with Crippen molar-refractivity contribution < 1.29 is 14.0 Å². The van der Waals surface area contributed by atoms with Crippen LogP contribution >= 0.6 is 0 Å². The Labute approximate surface area is 126 Å². The minimum absolute atomic E-state index is 0.282. The molecule has 6 nitrogen and oxygen atoms in total. The molecular formula is C15H27N3O3. The summed E-state index contributed by atoms with van der Waals surface area (Å²) in [5.41, 5.74) is 5.66. The van der Waals surface area contributed by atoms with E-state index in [9.17, 15) is 0 Å². The van der Waals surface area contributed by atoms with Crippen molar-refractivity contribution in [1.29, 1.82) is 0 Å². The van der Waals surface area contributed by atoms with Crippen LogP contribution in [0.1, 0.15) is 69.6 Å². The Morgan fingerprint density at radius 2 is 2.00 bits per heavy atom. The maximum atomic E-state index is 6.06. The summed E-state index contributed by atoms with van der Waals surface area (Å²) in [6.07, 6.45) is 7.33. The van der Waals surface area contributed by atoms with Crippen molar-refractivity contribution in [2.75, 3.05) is 20.3 Å². The van der Waals surface area contributed by atoms with Crippen molar-refractivity contribution in [3.63, 3.8) is 0 Å². The number of hydrogen-bond donors (Lipinski definition) is 1. The highest BCUT2D eigenvalue weighted by Crippen LogP contribution is 2.38. The van der Waals surface area contributed by atoms with Gasteiger partial charge in [-0.2, -0.15) is 4.98 Å². The molecule has 0 amide bonds. The van der Waals surface area contributed by atoms with Crippen LogP contribution in [-0.2, 0) is 15.1 Å². The molecule has 2 N–H and O–H groups in total. The Bertz CT molecular complexity index is 414. The number of aromatic nitrogens is 2. The van der Waals surface area contributed by atoms with Crippen LogP contribution in [0.15, 0.2) is 4.52 Å². The lowest BCUT2D eigenvalue weighted by Gasteiger charge is -2.29. The molecule has 1 saturated carbocycles. The van der Waals surface area contributed by atoms with Gasteiger partial charge in [0, 0.05) is 20.3 Å². The van der Waals surface area contributed by atoms with Crippen LogP contribution in [0, 0.1) is 0 Å². The van der Waals surface area contributed by atoms with Crippen molar-refractivity contribution in [3.05, 3.63) is 11.7 Å². The molecule has 1 fully saturated rings. The molecule has 1 unspecified atom stereocenters. The Kier molecular flexibility index (Phi) is 6.14. The first-order chi connectivity index (χ1) is 10.2. The van der Waals surface area contributed by atoms with E-state index in [1.54, 1.807) is 7.11 Å². The number of nitrogens with zero attached hydrogens (tertiary/aromatic N) is 2. The van der Waals surface area contributed by atoms with Gasteiger partial charge >= 0.3 is 0 Å². The van der Waals surface area contributed by atoms with Gasteiger partial charge in [-0.1, -0.05) is 30.8 Å². The Balaban J connectivity index is 2.15. The van der Waals surface area contributed by atoms with E-state index in [0.29, 0.717) is 31.3 Å². The fourth-order valence-electron chi connectivity index (χ4n) is 2.95. The van der Waals surface area contributed by atoms with Gasteiger partial charge in [-0.05, 0) is 26.2 Å². The molecule has 1 aromatic rings. The first-order valence-electron chi connectivity index (χ1n) is 7.94. The Morgan fingerprint density at radius 1 is 1.29 bits per heavy atom. The quantitative estimate of drug-likeness (QED) is 0.779. The molecule has 0 spiro atoms. The van der Waals surface area contributed by atoms with E-state index in [4.69, 9.17) is 19.7 Å². The van der Waals surface area contributed by atoms with Gasteiger partial charge in [0.05, 0.1) is 6.04 Å². The number of methoxy groups -OCH3 is 1. The zero-order chi connectivity index (χ0) is 15.1. The minimum Gasteiger partial charge on any atom is -0.385 e. The monoisotopic (exact) mass is 297 g/mol. The lowest BCUT2D eigenvalue weighted by atomic mass is 9.93. The molecular weight excluding hydrogens is 270 g/mol. The molecule has 1 aromatic heterocycles. The molecule has 0 radical (unpaired) electrons. The summed E-state index contributed by atoms with van der Waals surface area (Å²) in [6, 6.07) is -0.282. The molecule has 0 saturated heterocycles. The van der Waals surface area contributed by atoms with Gasteiger partial charge in [-0.3, -0.25) is 0 Å². The average Bonchev–Trinajstić information content (AvgIpc) is 2.87. The highest BCUT2D eigenvalue weighted by Gasteiger charge is 2.38. The molecule has 2 rings (SSSR count). The van der Waals surface area contributed by atoms with E-state index in [1.807, 2.05) is 6.92 Å². The third-order valence-corrected chi connectivity index (χ3v) is 4.13. The molecule has 0 bridgehead atoms. The van der Waals surface area contributed by atoms with Gasteiger partial charge < -0.3 is 19.7 Å². The van der Waals surface area contributed by atoms with Crippen LogP contribution in [0.5, 0.6) is 0 Å². The lowest BCUT2D eigenvalue weighted by Crippen LogP contribution is -2.31. The summed E-state index contributed by atoms with van der Waals surface area (Å²) < 4.78 is 16.5. The molecule has 0 aliphatic heterocycles. The van der Waals surface area contributed by atoms with E-state index < -0.39 is 5.60 Å². The predicted molar refractivity (Wildman–Crippen MR) is 78.7 cm³/mol. The van der Waals surface area contributed by atoms with Gasteiger partial charge in [0.25, 0.3) is 0 Å². The van der Waals surface area contributed by atoms with Gasteiger partial charge in [-0.15, -0.1) is 0 Å². The molecule has 1 aliphatic rings. The van der Waals surface area contributed by atoms with Gasteiger partial charge in [0.1, 0.15) is 5.60 Å². The molecule has 1 aliphatic carbocycles. The van der Waals surface area contributed by atoms with Crippen LogP contribution in [0.3, 0.4) is 0 Å². The predicted octanol–water partition coefficient (Wildman–Crippen LogP) is 2.69. The number of rotatable bonds is 7. The molecule has 21 heavy (non-hydrogen) atoms. The van der Waals surface area contributed by atoms with E-state index in [2.05, 4.69) is 10.1 Å². The van der Waals surface area contributed by atoms with Gasteiger partial charge in [0.2, 0.25) is 11.7 Å². The second-order valence-electron chi connectivity index (χ2n) is 5.69. The first kappa shape index (κ1) is 16.4. The SMILES string of the molecule is CCOC1(c2noc(C(N)CCOC)n2)CCCCCC1. The standard InChI is InChI=1S/C15H27N3O3/c1-3-20-15(9-6-4-5-7-10-15)14-17-13(21-18-14)12(16)8-11-19-2/h12H,3-11,16H2,1-2H3. The molecule has 120 valence electrons. The Hall–Kier alpha value is -0.980. The zero-order valence-electron chi connectivity index (χ0n) is 13.1. The summed E-state index contributed by atoms with van der Waals surface area (Å²) in [4.78, 5) is 4.54. The van der Waals surface area contributed by atoms with E-state index in [-0.39, 0.29) is 6.04 Å². The molecule has 1 heterocycles. The van der Waals surface area contributed by atoms with E-state index >= 15 is 0 Å². The Morgan fingerprint density at radius 3 is 2.62 bits per heavy atom. The number of ether oxygens (including phenoxy) is 2. The molecule has 6 heteroatoms. The van der Waals surface area contributed by atoms with Crippen LogP contribution < -0.4 is 5.73 Å². The van der Waals surface area contributed by atoms with Crippen molar-refractivity contribution in [2.24, 2.45) is 5.73 Å². The van der Waals surface area contributed by atoms with Crippen molar-refractivity contribution in [2.45, 2.75) is 63.5 Å². The van der Waals surface area contributed by atoms with Crippen LogP contribution in [-0.4, -0.2) is 30.5 Å². The van der Waals surface area contributed by atoms with Crippen molar-refractivity contribution in [3.8, 4) is 0 Å². The average molecular weight is 297 g/mol. The third-order valence-electron chi connectivity index (χ3n) is 4.13. The second kappa shape index (κ2) is 7.87. The number of nitrogens with two attached hydrogens (primary N) is 1. The van der Waals surface area contributed by atoms with E-state index in [0.717, 1.165) is 25.7 Å². The lowest BCUT2D eigenvalue weighted by molar-refractivity contribution is -0.0636. The summed E-state index contributed by atoms with van der Waals surface area (Å²) >= 11 is 0. The second-order valence-corrected chi connectivity index (χ2v) is 5.69. The van der Waals surface area contributed by atoms with Crippen molar-refractivity contribution >= 4 is 0 Å². The summed E-state index contributed by atoms with van der Waals surface area (Å²) in [7, 11) is 1.65. The fourth-order valence-corrected chi connectivity index (χ4v) is 2.95. The minimum atomic E-state index is -0.395. The molecule has 1 atom stereocenters. The first-order valence-corrected chi connectivity index (χ1v) is 7.94. The smallest absolute Gasteiger partial charge is 0.243 e. The maximum Gasteiger partial charge on any atom is 0.243 e. The van der Waals surface area contributed by atoms with Crippen LogP contribution in [0.2, 0.25) is 0 Å². The zero-order valence-corrected chi connectivity index (χ0v) is 13.1. The normalized spacial score (nSPS) is 20.1.